The molecule has 0 saturated heterocycles. The minimum atomic E-state index is -3.92. The summed E-state index contributed by atoms with van der Waals surface area (Å²) in [6.07, 6.45) is 0.0706. The maximum Gasteiger partial charge on any atom is 0.408 e. The number of alkyl carbamates (subject to hydrolysis) is 1. The van der Waals surface area contributed by atoms with Gasteiger partial charge in [-0.15, -0.1) is 0 Å². The van der Waals surface area contributed by atoms with Gasteiger partial charge in [-0.25, -0.2) is 13.2 Å². The normalized spacial score (nSPS) is 13.3. The smallest absolute Gasteiger partial charge is 0.408 e. The Bertz CT molecular complexity index is 632. The van der Waals surface area contributed by atoms with Crippen molar-refractivity contribution in [3.8, 4) is 0 Å². The van der Waals surface area contributed by atoms with Crippen LogP contribution in [-0.4, -0.2) is 37.5 Å². The lowest BCUT2D eigenvalue weighted by molar-refractivity contribution is -0.113. The molecule has 22 heavy (non-hydrogen) atoms. The number of hydrogen-bond acceptors (Lipinski definition) is 5. The van der Waals surface area contributed by atoms with E-state index in [0.717, 1.165) is 11.8 Å². The third-order valence-electron chi connectivity index (χ3n) is 2.62. The lowest BCUT2D eigenvalue weighted by Gasteiger charge is -2.22. The van der Waals surface area contributed by atoms with Crippen molar-refractivity contribution in [1.29, 1.82) is 0 Å². The van der Waals surface area contributed by atoms with Gasteiger partial charge in [0.25, 0.3) is 5.12 Å². The zero-order valence-electron chi connectivity index (χ0n) is 13.1. The molecule has 0 saturated carbocycles. The van der Waals surface area contributed by atoms with Gasteiger partial charge in [0.05, 0.1) is 0 Å². The number of hydrogen-bond donors (Lipinski definition) is 1. The first-order valence-corrected chi connectivity index (χ1v) is 8.65. The van der Waals surface area contributed by atoms with Gasteiger partial charge in [-0.3, -0.25) is 4.79 Å². The number of ether oxygens (including phenoxy) is 1. The zero-order chi connectivity index (χ0) is 17.0. The van der Waals surface area contributed by atoms with Crippen molar-refractivity contribution in [2.24, 2.45) is 0 Å². The van der Waals surface area contributed by atoms with Gasteiger partial charge in [0.15, 0.2) is 0 Å². The van der Waals surface area contributed by atoms with E-state index < -0.39 is 32.7 Å². The largest absolute Gasteiger partial charge is 0.444 e. The summed E-state index contributed by atoms with van der Waals surface area (Å²) < 4.78 is 28.0. The van der Waals surface area contributed by atoms with Gasteiger partial charge in [-0.05, 0) is 26.3 Å². The molecule has 0 heterocycles. The Kier molecular flexibility index (Phi) is 5.71. The Balaban J connectivity index is 2.92. The summed E-state index contributed by atoms with van der Waals surface area (Å²) in [6.45, 7) is 5.03. The molecule has 6 nitrogen and oxygen atoms in total. The van der Waals surface area contributed by atoms with E-state index in [4.69, 9.17) is 4.74 Å². The second-order valence-corrected chi connectivity index (χ2v) is 7.93. The Morgan fingerprint density at radius 1 is 1.18 bits per heavy atom. The molecule has 0 aliphatic heterocycles. The van der Waals surface area contributed by atoms with Gasteiger partial charge in [0.2, 0.25) is 9.84 Å². The van der Waals surface area contributed by atoms with Crippen LogP contribution in [0.3, 0.4) is 0 Å². The Morgan fingerprint density at radius 3 is 2.18 bits per heavy atom. The summed E-state index contributed by atoms with van der Waals surface area (Å²) in [4.78, 5) is 23.8. The maximum absolute atomic E-state index is 12.0. The van der Waals surface area contributed by atoms with Gasteiger partial charge in [0.1, 0.15) is 11.6 Å². The summed E-state index contributed by atoms with van der Waals surface area (Å²) in [6, 6.07) is 7.65. The highest BCUT2D eigenvalue weighted by molar-refractivity contribution is 8.05. The van der Waals surface area contributed by atoms with Crippen LogP contribution in [0, 0.1) is 0 Å². The SMILES string of the molecule is CC(C)(C)OC(=O)N[C@@H](Cc1ccccc1)C(=O)S(C)(=O)=O. The molecule has 0 aliphatic carbocycles. The van der Waals surface area contributed by atoms with Gasteiger partial charge < -0.3 is 10.1 Å². The number of rotatable bonds is 4. The van der Waals surface area contributed by atoms with E-state index in [1.807, 2.05) is 0 Å². The Hall–Kier alpha value is -1.89. The summed E-state index contributed by atoms with van der Waals surface area (Å²) in [5.41, 5.74) is -0.00393. The molecule has 1 amide bonds. The fraction of sp³-hybridized carbons (Fsp3) is 0.467. The van der Waals surface area contributed by atoms with Crippen molar-refractivity contribution in [2.45, 2.75) is 38.8 Å². The summed E-state index contributed by atoms with van der Waals surface area (Å²) in [5.74, 6) is 0. The number of amides is 1. The van der Waals surface area contributed by atoms with Crippen LogP contribution in [0.1, 0.15) is 26.3 Å². The highest BCUT2D eigenvalue weighted by Gasteiger charge is 2.30. The minimum absolute atomic E-state index is 0.0754. The molecule has 0 bridgehead atoms. The molecule has 0 radical (unpaired) electrons. The van der Waals surface area contributed by atoms with Gasteiger partial charge in [-0.1, -0.05) is 30.3 Å². The zero-order valence-corrected chi connectivity index (χ0v) is 13.9. The van der Waals surface area contributed by atoms with Crippen LogP contribution in [0.4, 0.5) is 4.79 Å². The highest BCUT2D eigenvalue weighted by atomic mass is 32.2. The van der Waals surface area contributed by atoms with E-state index in [1.165, 1.54) is 0 Å². The average molecular weight is 327 g/mol. The predicted molar refractivity (Wildman–Crippen MR) is 83.2 cm³/mol. The van der Waals surface area contributed by atoms with Crippen LogP contribution in [0.5, 0.6) is 0 Å². The molecule has 1 aromatic rings. The molecule has 1 atom stereocenters. The topological polar surface area (TPSA) is 89.5 Å². The van der Waals surface area contributed by atoms with E-state index in [9.17, 15) is 18.0 Å². The second-order valence-electron chi connectivity index (χ2n) is 5.98. The van der Waals surface area contributed by atoms with Crippen molar-refractivity contribution in [1.82, 2.24) is 5.32 Å². The standard InChI is InChI=1S/C15H21NO5S/c1-15(2,3)21-14(18)16-12(13(17)22(4,19)20)10-11-8-6-5-7-9-11/h5-9,12H,10H2,1-4H3,(H,16,18)/t12-/m0/s1. The average Bonchev–Trinajstić information content (AvgIpc) is 2.35. The third kappa shape index (κ3) is 6.26. The van der Waals surface area contributed by atoms with Crippen LogP contribution in [0.25, 0.3) is 0 Å². The van der Waals surface area contributed by atoms with E-state index >= 15 is 0 Å². The van der Waals surface area contributed by atoms with Crippen LogP contribution < -0.4 is 5.32 Å². The fourth-order valence-corrected chi connectivity index (χ4v) is 2.41. The first-order chi connectivity index (χ1) is 9.99. The quantitative estimate of drug-likeness (QED) is 0.909. The van der Waals surface area contributed by atoms with Gasteiger partial charge >= 0.3 is 6.09 Å². The van der Waals surface area contributed by atoms with Crippen LogP contribution in [0.15, 0.2) is 30.3 Å². The molecule has 7 heteroatoms. The molecule has 122 valence electrons. The van der Waals surface area contributed by atoms with Crippen LogP contribution in [-0.2, 0) is 25.8 Å². The summed E-state index contributed by atoms with van der Waals surface area (Å²) in [7, 11) is -3.92. The highest BCUT2D eigenvalue weighted by Crippen LogP contribution is 2.10. The molecule has 0 unspecified atom stereocenters. The molecular weight excluding hydrogens is 306 g/mol. The summed E-state index contributed by atoms with van der Waals surface area (Å²) >= 11 is 0. The first kappa shape index (κ1) is 18.2. The summed E-state index contributed by atoms with van der Waals surface area (Å²) in [5, 5.41) is 1.30. The number of nitrogens with one attached hydrogen (secondary N) is 1. The molecular formula is C15H21NO5S. The van der Waals surface area contributed by atoms with Gasteiger partial charge in [0, 0.05) is 12.7 Å². The maximum atomic E-state index is 12.0. The van der Waals surface area contributed by atoms with Crippen molar-refractivity contribution in [3.05, 3.63) is 35.9 Å². The fourth-order valence-electron chi connectivity index (χ4n) is 1.75. The monoisotopic (exact) mass is 327 g/mol. The lowest BCUT2D eigenvalue weighted by atomic mass is 10.1. The van der Waals surface area contributed by atoms with Gasteiger partial charge in [-0.2, -0.15) is 0 Å². The second kappa shape index (κ2) is 6.91. The number of carbonyl (C=O) groups excluding carboxylic acids is 2. The molecule has 0 aromatic heterocycles. The third-order valence-corrected chi connectivity index (χ3v) is 3.64. The van der Waals surface area contributed by atoms with E-state index in [-0.39, 0.29) is 6.42 Å². The Morgan fingerprint density at radius 2 is 1.73 bits per heavy atom. The molecule has 1 rings (SSSR count). The van der Waals surface area contributed by atoms with E-state index in [2.05, 4.69) is 5.32 Å². The minimum Gasteiger partial charge on any atom is -0.444 e. The predicted octanol–water partition coefficient (Wildman–Crippen LogP) is 1.69. The van der Waals surface area contributed by atoms with Crippen molar-refractivity contribution in [3.63, 3.8) is 0 Å². The van der Waals surface area contributed by atoms with E-state index in [1.54, 1.807) is 51.1 Å². The van der Waals surface area contributed by atoms with Crippen LogP contribution in [0.2, 0.25) is 0 Å². The molecule has 1 aromatic carbocycles. The lowest BCUT2D eigenvalue weighted by Crippen LogP contribution is -2.46. The molecule has 0 fully saturated rings. The number of carbonyl (C=O) groups is 2. The number of sulfone groups is 1. The Labute approximate surface area is 130 Å². The van der Waals surface area contributed by atoms with E-state index in [0.29, 0.717) is 0 Å². The molecule has 0 aliphatic rings. The van der Waals surface area contributed by atoms with Crippen molar-refractivity contribution in [2.75, 3.05) is 6.26 Å². The first-order valence-electron chi connectivity index (χ1n) is 6.76. The van der Waals surface area contributed by atoms with Crippen molar-refractivity contribution < 1.29 is 22.7 Å². The molecule has 0 spiro atoms. The van der Waals surface area contributed by atoms with Crippen molar-refractivity contribution >= 4 is 21.0 Å². The molecule has 1 N–H and O–H groups in total. The van der Waals surface area contributed by atoms with Crippen LogP contribution >= 0.6 is 0 Å². The number of benzene rings is 1.